The van der Waals surface area contributed by atoms with Gasteiger partial charge in [0.05, 0.1) is 12.7 Å². The lowest BCUT2D eigenvalue weighted by atomic mass is 10.0. The summed E-state index contributed by atoms with van der Waals surface area (Å²) in [6, 6.07) is 0.437. The molecule has 1 atom stereocenters. The van der Waals surface area contributed by atoms with Crippen molar-refractivity contribution in [1.29, 1.82) is 0 Å². The predicted molar refractivity (Wildman–Crippen MR) is 99.6 cm³/mol. The van der Waals surface area contributed by atoms with E-state index in [1.165, 1.54) is 7.11 Å². The summed E-state index contributed by atoms with van der Waals surface area (Å²) in [5.74, 6) is -0.370. The topological polar surface area (TPSA) is 77.7 Å². The van der Waals surface area contributed by atoms with Gasteiger partial charge in [-0.2, -0.15) is 0 Å². The molecule has 0 spiro atoms. The largest absolute Gasteiger partial charge is 0.465 e. The van der Waals surface area contributed by atoms with E-state index >= 15 is 0 Å². The van der Waals surface area contributed by atoms with E-state index in [4.69, 9.17) is 4.74 Å². The van der Waals surface area contributed by atoms with Gasteiger partial charge in [-0.25, -0.2) is 4.79 Å². The number of aryl methyl sites for hydroxylation is 1. The van der Waals surface area contributed by atoms with Gasteiger partial charge in [0.25, 0.3) is 5.91 Å². The minimum Gasteiger partial charge on any atom is -0.465 e. The van der Waals surface area contributed by atoms with Gasteiger partial charge in [0.1, 0.15) is 5.69 Å². The van der Waals surface area contributed by atoms with Gasteiger partial charge in [-0.15, -0.1) is 0 Å². The normalized spacial score (nSPS) is 21.2. The Labute approximate surface area is 155 Å². The Morgan fingerprint density at radius 1 is 1.23 bits per heavy atom. The zero-order chi connectivity index (χ0) is 18.7. The third-order valence-electron chi connectivity index (χ3n) is 5.51. The molecule has 1 aromatic rings. The number of esters is 1. The van der Waals surface area contributed by atoms with Crippen LogP contribution in [-0.2, 0) is 11.2 Å². The first-order chi connectivity index (χ1) is 12.6. The van der Waals surface area contributed by atoms with E-state index in [1.54, 1.807) is 0 Å². The number of carbonyl (C=O) groups is 2. The number of piperazine rings is 1. The summed E-state index contributed by atoms with van der Waals surface area (Å²) in [5, 5.41) is 3.37. The van der Waals surface area contributed by atoms with Gasteiger partial charge >= 0.3 is 5.97 Å². The molecule has 1 aromatic heterocycles. The Hall–Kier alpha value is -1.86. The molecule has 2 aliphatic heterocycles. The Morgan fingerprint density at radius 2 is 1.96 bits per heavy atom. The Bertz CT molecular complexity index is 664. The molecule has 7 heteroatoms. The Kier molecular flexibility index (Phi) is 5.98. The minimum absolute atomic E-state index is 0.00402. The quantitative estimate of drug-likeness (QED) is 0.769. The van der Waals surface area contributed by atoms with Crippen molar-refractivity contribution in [2.24, 2.45) is 0 Å². The van der Waals surface area contributed by atoms with Gasteiger partial charge < -0.3 is 19.9 Å². The number of hydrogen-bond donors (Lipinski definition) is 2. The second-order valence-electron chi connectivity index (χ2n) is 7.20. The van der Waals surface area contributed by atoms with Crippen LogP contribution in [0.1, 0.15) is 51.9 Å². The highest BCUT2D eigenvalue weighted by molar-refractivity contribution is 6.00. The first kappa shape index (κ1) is 18.9. The number of hydrogen-bond acceptors (Lipinski definition) is 5. The number of carbonyl (C=O) groups excluding carboxylic acids is 2. The maximum absolute atomic E-state index is 13.2. The van der Waals surface area contributed by atoms with Crippen LogP contribution in [-0.4, -0.2) is 79.1 Å². The Balaban J connectivity index is 1.78. The van der Waals surface area contributed by atoms with Gasteiger partial charge in [0.2, 0.25) is 0 Å². The molecule has 0 aliphatic carbocycles. The fourth-order valence-corrected chi connectivity index (χ4v) is 4.17. The van der Waals surface area contributed by atoms with Crippen LogP contribution < -0.4 is 5.32 Å². The number of nitrogens with one attached hydrogen (secondary N) is 2. The molecule has 0 aromatic carbocycles. The maximum atomic E-state index is 13.2. The molecule has 7 nitrogen and oxygen atoms in total. The number of aromatic nitrogens is 1. The fraction of sp³-hybridized carbons (Fsp3) is 0.684. The zero-order valence-electron chi connectivity index (χ0n) is 16.1. The molecular formula is C19H30N4O3. The second-order valence-corrected chi connectivity index (χ2v) is 7.20. The van der Waals surface area contributed by atoms with E-state index in [1.807, 2.05) is 18.7 Å². The summed E-state index contributed by atoms with van der Waals surface area (Å²) < 4.78 is 4.92. The number of aromatic amines is 1. The lowest BCUT2D eigenvalue weighted by Gasteiger charge is -2.32. The highest BCUT2D eigenvalue weighted by Crippen LogP contribution is 2.25. The molecule has 0 radical (unpaired) electrons. The van der Waals surface area contributed by atoms with Crippen molar-refractivity contribution in [2.45, 2.75) is 39.2 Å². The molecule has 26 heavy (non-hydrogen) atoms. The van der Waals surface area contributed by atoms with Crippen molar-refractivity contribution in [3.8, 4) is 0 Å². The summed E-state index contributed by atoms with van der Waals surface area (Å²) in [5.41, 5.74) is 2.59. The summed E-state index contributed by atoms with van der Waals surface area (Å²) in [6.07, 6.45) is 2.56. The minimum atomic E-state index is -0.374. The van der Waals surface area contributed by atoms with Crippen LogP contribution in [0.2, 0.25) is 0 Å². The summed E-state index contributed by atoms with van der Waals surface area (Å²) in [4.78, 5) is 32.9. The van der Waals surface area contributed by atoms with Crippen LogP contribution in [0.15, 0.2) is 0 Å². The van der Waals surface area contributed by atoms with Gasteiger partial charge in [0, 0.05) is 51.0 Å². The van der Waals surface area contributed by atoms with Crippen LogP contribution in [0.25, 0.3) is 0 Å². The molecule has 3 heterocycles. The van der Waals surface area contributed by atoms with E-state index in [2.05, 4.69) is 15.2 Å². The van der Waals surface area contributed by atoms with E-state index in [0.717, 1.165) is 57.7 Å². The average Bonchev–Trinajstić information content (AvgIpc) is 3.27. The van der Waals surface area contributed by atoms with Gasteiger partial charge in [-0.3, -0.25) is 9.69 Å². The number of rotatable bonds is 5. The van der Waals surface area contributed by atoms with Crippen molar-refractivity contribution in [2.75, 3.05) is 46.4 Å². The molecule has 1 unspecified atom stereocenters. The third-order valence-corrected chi connectivity index (χ3v) is 5.51. The van der Waals surface area contributed by atoms with Crippen molar-refractivity contribution in [3.63, 3.8) is 0 Å². The van der Waals surface area contributed by atoms with Crippen molar-refractivity contribution < 1.29 is 14.3 Å². The van der Waals surface area contributed by atoms with Crippen LogP contribution in [0, 0.1) is 6.92 Å². The molecule has 2 saturated heterocycles. The number of amides is 1. The lowest BCUT2D eigenvalue weighted by molar-refractivity contribution is 0.0599. The van der Waals surface area contributed by atoms with Crippen molar-refractivity contribution >= 4 is 11.9 Å². The highest BCUT2D eigenvalue weighted by atomic mass is 16.5. The molecule has 144 valence electrons. The predicted octanol–water partition coefficient (Wildman–Crippen LogP) is 1.18. The number of methoxy groups -OCH3 is 1. The second kappa shape index (κ2) is 8.22. The first-order valence-corrected chi connectivity index (χ1v) is 9.60. The standard InChI is InChI=1S/C19H30N4O3/c1-4-5-15-16(19(25)26-3)13(2)21-17(15)18(24)23-9-6-14(12-23)22-10-7-20-8-11-22/h14,20-21H,4-12H2,1-3H3. The molecule has 2 fully saturated rings. The highest BCUT2D eigenvalue weighted by Gasteiger charge is 2.34. The van der Waals surface area contributed by atoms with Gasteiger partial charge in [-0.05, 0) is 25.3 Å². The van der Waals surface area contributed by atoms with Crippen molar-refractivity contribution in [3.05, 3.63) is 22.5 Å². The monoisotopic (exact) mass is 362 g/mol. The van der Waals surface area contributed by atoms with E-state index in [-0.39, 0.29) is 11.9 Å². The molecule has 0 saturated carbocycles. The fourth-order valence-electron chi connectivity index (χ4n) is 4.17. The van der Waals surface area contributed by atoms with Crippen molar-refractivity contribution in [1.82, 2.24) is 20.1 Å². The Morgan fingerprint density at radius 3 is 2.62 bits per heavy atom. The third kappa shape index (κ3) is 3.64. The number of ether oxygens (including phenoxy) is 1. The number of nitrogens with zero attached hydrogens (tertiary/aromatic N) is 2. The molecular weight excluding hydrogens is 332 g/mol. The van der Waals surface area contributed by atoms with Crippen LogP contribution >= 0.6 is 0 Å². The molecule has 0 bridgehead atoms. The van der Waals surface area contributed by atoms with E-state index in [0.29, 0.717) is 29.4 Å². The summed E-state index contributed by atoms with van der Waals surface area (Å²) in [6.45, 7) is 9.53. The average molecular weight is 362 g/mol. The molecule has 2 N–H and O–H groups in total. The zero-order valence-corrected chi connectivity index (χ0v) is 16.1. The smallest absolute Gasteiger partial charge is 0.339 e. The van der Waals surface area contributed by atoms with E-state index in [9.17, 15) is 9.59 Å². The molecule has 1 amide bonds. The molecule has 3 rings (SSSR count). The SMILES string of the molecule is CCCc1c(C(=O)N2CCC(N3CCNCC3)C2)[nH]c(C)c1C(=O)OC. The van der Waals surface area contributed by atoms with Gasteiger partial charge in [-0.1, -0.05) is 13.3 Å². The molecule has 2 aliphatic rings. The maximum Gasteiger partial charge on any atom is 0.339 e. The summed E-state index contributed by atoms with van der Waals surface area (Å²) in [7, 11) is 1.38. The lowest BCUT2D eigenvalue weighted by Crippen LogP contribution is -2.49. The van der Waals surface area contributed by atoms with Crippen LogP contribution in [0.3, 0.4) is 0 Å². The van der Waals surface area contributed by atoms with Crippen LogP contribution in [0.4, 0.5) is 0 Å². The number of likely N-dealkylation sites (tertiary alicyclic amines) is 1. The van der Waals surface area contributed by atoms with Crippen LogP contribution in [0.5, 0.6) is 0 Å². The number of H-pyrrole nitrogens is 1. The first-order valence-electron chi connectivity index (χ1n) is 9.60. The van der Waals surface area contributed by atoms with E-state index < -0.39 is 0 Å². The van der Waals surface area contributed by atoms with Gasteiger partial charge in [0.15, 0.2) is 0 Å². The summed E-state index contributed by atoms with van der Waals surface area (Å²) >= 11 is 0.